The molecule has 1 aliphatic rings. The molecular weight excluding hydrogens is 346 g/mol. The highest BCUT2D eigenvalue weighted by atomic mass is 35.5. The third-order valence-electron chi connectivity index (χ3n) is 4.22. The summed E-state index contributed by atoms with van der Waals surface area (Å²) in [7, 11) is 0. The number of rotatable bonds is 3. The van der Waals surface area contributed by atoms with Gasteiger partial charge in [0.1, 0.15) is 0 Å². The molecule has 1 heterocycles. The number of carbonyl (C=O) groups is 1. The van der Waals surface area contributed by atoms with Gasteiger partial charge in [-0.1, -0.05) is 66.2 Å². The molecule has 0 spiro atoms. The third kappa shape index (κ3) is 3.19. The summed E-state index contributed by atoms with van der Waals surface area (Å²) >= 11 is 5.92. The Bertz CT molecular complexity index is 955. The number of hydrogen-bond donors (Lipinski definition) is 1. The van der Waals surface area contributed by atoms with Crippen LogP contribution in [0.15, 0.2) is 84.0 Å². The van der Waals surface area contributed by atoms with Crippen LogP contribution in [0.3, 0.4) is 0 Å². The number of benzene rings is 3. The van der Waals surface area contributed by atoms with Gasteiger partial charge in [0, 0.05) is 10.7 Å². The first-order valence-corrected chi connectivity index (χ1v) is 8.64. The Morgan fingerprint density at radius 2 is 1.62 bits per heavy atom. The molecule has 26 heavy (non-hydrogen) atoms. The minimum absolute atomic E-state index is 0.140. The molecule has 0 saturated heterocycles. The van der Waals surface area contributed by atoms with Crippen molar-refractivity contribution in [3.8, 4) is 0 Å². The van der Waals surface area contributed by atoms with Crippen LogP contribution in [0.1, 0.15) is 27.7 Å². The van der Waals surface area contributed by atoms with E-state index in [1.807, 2.05) is 60.7 Å². The molecule has 1 aliphatic heterocycles. The Kier molecular flexibility index (Phi) is 4.42. The fourth-order valence-electron chi connectivity index (χ4n) is 2.90. The Balaban J connectivity index is 1.73. The van der Waals surface area contributed by atoms with E-state index in [2.05, 4.69) is 10.4 Å². The second-order valence-electron chi connectivity index (χ2n) is 5.95. The zero-order chi connectivity index (χ0) is 17.9. The van der Waals surface area contributed by atoms with Gasteiger partial charge in [-0.2, -0.15) is 5.10 Å². The van der Waals surface area contributed by atoms with Crippen LogP contribution in [0.5, 0.6) is 0 Å². The van der Waals surface area contributed by atoms with Crippen LogP contribution >= 0.6 is 11.6 Å². The maximum atomic E-state index is 13.0. The van der Waals surface area contributed by atoms with E-state index in [1.165, 1.54) is 5.01 Å². The highest BCUT2D eigenvalue weighted by Crippen LogP contribution is 2.33. The number of halogens is 1. The molecule has 1 atom stereocenters. The summed E-state index contributed by atoms with van der Waals surface area (Å²) in [4.78, 5) is 13.0. The Morgan fingerprint density at radius 3 is 2.38 bits per heavy atom. The Labute approximate surface area is 156 Å². The van der Waals surface area contributed by atoms with Crippen molar-refractivity contribution in [1.82, 2.24) is 5.01 Å². The lowest BCUT2D eigenvalue weighted by Gasteiger charge is -2.34. The van der Waals surface area contributed by atoms with Crippen LogP contribution in [0.25, 0.3) is 0 Å². The molecule has 0 radical (unpaired) electrons. The van der Waals surface area contributed by atoms with E-state index in [9.17, 15) is 4.79 Å². The van der Waals surface area contributed by atoms with Crippen LogP contribution in [-0.4, -0.2) is 17.1 Å². The van der Waals surface area contributed by atoms with E-state index < -0.39 is 0 Å². The minimum atomic E-state index is -0.373. The predicted octanol–water partition coefficient (Wildman–Crippen LogP) is 4.94. The van der Waals surface area contributed by atoms with Gasteiger partial charge < -0.3 is 5.32 Å². The van der Waals surface area contributed by atoms with E-state index in [1.54, 1.807) is 24.4 Å². The average Bonchev–Trinajstić information content (AvgIpc) is 2.69. The largest absolute Gasteiger partial charge is 0.359 e. The zero-order valence-corrected chi connectivity index (χ0v) is 14.6. The summed E-state index contributed by atoms with van der Waals surface area (Å²) in [6.07, 6.45) is 1.29. The van der Waals surface area contributed by atoms with Gasteiger partial charge in [0.05, 0.1) is 11.8 Å². The normalized spacial score (nSPS) is 16.4. The quantitative estimate of drug-likeness (QED) is 0.671. The van der Waals surface area contributed by atoms with Crippen molar-refractivity contribution in [2.24, 2.45) is 5.10 Å². The number of hydrazone groups is 1. The molecule has 3 aromatic carbocycles. The molecule has 0 fully saturated rings. The molecule has 1 N–H and O–H groups in total. The van der Waals surface area contributed by atoms with E-state index in [-0.39, 0.29) is 12.1 Å². The number of anilines is 1. The van der Waals surface area contributed by atoms with Crippen molar-refractivity contribution in [2.75, 3.05) is 5.32 Å². The van der Waals surface area contributed by atoms with E-state index in [4.69, 9.17) is 11.6 Å². The van der Waals surface area contributed by atoms with Gasteiger partial charge >= 0.3 is 0 Å². The molecule has 0 aromatic heterocycles. The predicted molar refractivity (Wildman–Crippen MR) is 104 cm³/mol. The molecule has 0 aliphatic carbocycles. The van der Waals surface area contributed by atoms with Gasteiger partial charge in [0.2, 0.25) is 0 Å². The third-order valence-corrected chi connectivity index (χ3v) is 4.47. The average molecular weight is 362 g/mol. The molecule has 1 amide bonds. The number of carbonyl (C=O) groups excluding carboxylic acids is 1. The zero-order valence-electron chi connectivity index (χ0n) is 13.8. The highest BCUT2D eigenvalue weighted by Gasteiger charge is 2.32. The van der Waals surface area contributed by atoms with E-state index >= 15 is 0 Å². The fourth-order valence-corrected chi connectivity index (χ4v) is 3.03. The van der Waals surface area contributed by atoms with Crippen molar-refractivity contribution < 1.29 is 4.79 Å². The van der Waals surface area contributed by atoms with Crippen LogP contribution in [0.2, 0.25) is 5.02 Å². The Morgan fingerprint density at radius 1 is 0.923 bits per heavy atom. The van der Waals surface area contributed by atoms with Crippen LogP contribution in [0.4, 0.5) is 5.69 Å². The van der Waals surface area contributed by atoms with Gasteiger partial charge in [-0.25, -0.2) is 5.01 Å². The van der Waals surface area contributed by atoms with Gasteiger partial charge in [-0.15, -0.1) is 0 Å². The number of nitrogens with one attached hydrogen (secondary N) is 1. The first-order valence-electron chi connectivity index (χ1n) is 8.26. The summed E-state index contributed by atoms with van der Waals surface area (Å²) in [5.41, 5.74) is 3.24. The van der Waals surface area contributed by atoms with Gasteiger partial charge in [0.25, 0.3) is 5.91 Å². The van der Waals surface area contributed by atoms with Gasteiger partial charge in [-0.05, 0) is 35.4 Å². The maximum absolute atomic E-state index is 13.0. The molecule has 128 valence electrons. The lowest BCUT2D eigenvalue weighted by atomic mass is 10.1. The number of para-hydroxylation sites is 1. The number of hydrogen-bond acceptors (Lipinski definition) is 3. The summed E-state index contributed by atoms with van der Waals surface area (Å²) in [5, 5.41) is 10.0. The molecule has 0 saturated carbocycles. The number of fused-ring (bicyclic) bond motifs is 1. The molecule has 0 bridgehead atoms. The minimum Gasteiger partial charge on any atom is -0.359 e. The van der Waals surface area contributed by atoms with Gasteiger partial charge in [0.15, 0.2) is 6.17 Å². The molecule has 1 unspecified atom stereocenters. The second kappa shape index (κ2) is 7.02. The number of amides is 1. The monoisotopic (exact) mass is 361 g/mol. The van der Waals surface area contributed by atoms with Gasteiger partial charge in [-0.3, -0.25) is 4.79 Å². The first-order chi connectivity index (χ1) is 12.7. The van der Waals surface area contributed by atoms with Crippen molar-refractivity contribution in [1.29, 1.82) is 0 Å². The summed E-state index contributed by atoms with van der Waals surface area (Å²) in [6, 6.07) is 24.6. The SMILES string of the molecule is O=C1c2ccccc2NC(c2ccccc2)N1N=Cc1ccc(Cl)cc1. The molecular formula is C21H16ClN3O. The number of nitrogens with zero attached hydrogens (tertiary/aromatic N) is 2. The molecule has 4 nitrogen and oxygen atoms in total. The molecule has 5 heteroatoms. The fraction of sp³-hybridized carbons (Fsp3) is 0.0476. The van der Waals surface area contributed by atoms with Crippen molar-refractivity contribution in [3.05, 3.63) is 101 Å². The molecule has 4 rings (SSSR count). The summed E-state index contributed by atoms with van der Waals surface area (Å²) in [6.45, 7) is 0. The van der Waals surface area contributed by atoms with E-state index in [0.29, 0.717) is 10.6 Å². The van der Waals surface area contributed by atoms with Crippen LogP contribution < -0.4 is 5.32 Å². The Hall–Kier alpha value is -3.11. The summed E-state index contributed by atoms with van der Waals surface area (Å²) in [5.74, 6) is -0.140. The van der Waals surface area contributed by atoms with E-state index in [0.717, 1.165) is 16.8 Å². The lowest BCUT2D eigenvalue weighted by molar-refractivity contribution is 0.0691. The summed E-state index contributed by atoms with van der Waals surface area (Å²) < 4.78 is 0. The molecule has 3 aromatic rings. The van der Waals surface area contributed by atoms with Crippen molar-refractivity contribution in [2.45, 2.75) is 6.17 Å². The first kappa shape index (κ1) is 16.4. The maximum Gasteiger partial charge on any atom is 0.278 e. The lowest BCUT2D eigenvalue weighted by Crippen LogP contribution is -2.39. The topological polar surface area (TPSA) is 44.7 Å². The second-order valence-corrected chi connectivity index (χ2v) is 6.39. The van der Waals surface area contributed by atoms with Crippen molar-refractivity contribution >= 4 is 29.4 Å². The smallest absolute Gasteiger partial charge is 0.278 e. The van der Waals surface area contributed by atoms with Crippen LogP contribution in [-0.2, 0) is 0 Å². The highest BCUT2D eigenvalue weighted by molar-refractivity contribution is 6.30. The van der Waals surface area contributed by atoms with Crippen molar-refractivity contribution in [3.63, 3.8) is 0 Å². The standard InChI is InChI=1S/C21H16ClN3O/c22-17-12-10-15(11-13-17)14-23-25-20(16-6-2-1-3-7-16)24-19-9-5-4-8-18(19)21(25)26/h1-14,20,24H. The van der Waals surface area contributed by atoms with Crippen LogP contribution in [0, 0.1) is 0 Å².